The molecule has 0 unspecified atom stereocenters. The standard InChI is InChI=1S/C9H13N2/c1-9(2,3)11-8-6-4-5-7-10-8/h4-7H,1-3H3. The summed E-state index contributed by atoms with van der Waals surface area (Å²) >= 11 is 0. The van der Waals surface area contributed by atoms with Crippen LogP contribution in [0.3, 0.4) is 0 Å². The number of hydrogen-bond acceptors (Lipinski definition) is 1. The first-order chi connectivity index (χ1) is 5.08. The lowest BCUT2D eigenvalue weighted by molar-refractivity contribution is 0.582. The van der Waals surface area contributed by atoms with Gasteiger partial charge in [0, 0.05) is 6.20 Å². The molecule has 1 aliphatic rings. The van der Waals surface area contributed by atoms with E-state index in [9.17, 15) is 0 Å². The number of rotatable bonds is 0. The molecule has 0 N–H and O–H groups in total. The van der Waals surface area contributed by atoms with Gasteiger partial charge in [0.15, 0.2) is 0 Å². The maximum atomic E-state index is 4.38. The van der Waals surface area contributed by atoms with Crippen molar-refractivity contribution >= 4 is 5.84 Å². The number of aliphatic imine (C=N–C) groups is 1. The molecule has 1 aliphatic heterocycles. The second kappa shape index (κ2) is 2.91. The summed E-state index contributed by atoms with van der Waals surface area (Å²) in [5, 5.41) is 4.10. The lowest BCUT2D eigenvalue weighted by Gasteiger charge is -2.13. The highest BCUT2D eigenvalue weighted by molar-refractivity contribution is 5.94. The summed E-state index contributed by atoms with van der Waals surface area (Å²) < 4.78 is 0. The average Bonchev–Trinajstić information content (AvgIpc) is 1.85. The molecule has 0 spiro atoms. The molecule has 0 fully saturated rings. The number of nitrogens with zero attached hydrogens (tertiary/aromatic N) is 2. The van der Waals surface area contributed by atoms with Gasteiger partial charge in [-0.1, -0.05) is 6.08 Å². The molecular formula is C9H13N2. The molecular weight excluding hydrogens is 136 g/mol. The Balaban J connectivity index is 2.69. The van der Waals surface area contributed by atoms with Crippen molar-refractivity contribution in [1.29, 1.82) is 0 Å². The van der Waals surface area contributed by atoms with Crippen molar-refractivity contribution in [1.82, 2.24) is 5.32 Å². The molecule has 0 saturated heterocycles. The molecule has 11 heavy (non-hydrogen) atoms. The number of hydrogen-bond donors (Lipinski definition) is 0. The predicted molar refractivity (Wildman–Crippen MR) is 47.6 cm³/mol. The molecule has 0 bridgehead atoms. The highest BCUT2D eigenvalue weighted by Gasteiger charge is 2.08. The van der Waals surface area contributed by atoms with E-state index in [0.29, 0.717) is 0 Å². The predicted octanol–water partition coefficient (Wildman–Crippen LogP) is 1.87. The molecule has 0 saturated carbocycles. The van der Waals surface area contributed by atoms with Gasteiger partial charge in [-0.05, 0) is 32.9 Å². The first-order valence-electron chi connectivity index (χ1n) is 3.72. The first-order valence-corrected chi connectivity index (χ1v) is 3.72. The highest BCUT2D eigenvalue weighted by atomic mass is 15.0. The van der Waals surface area contributed by atoms with E-state index in [1.54, 1.807) is 6.20 Å². The second-order valence-corrected chi connectivity index (χ2v) is 3.47. The van der Waals surface area contributed by atoms with E-state index in [4.69, 9.17) is 0 Å². The average molecular weight is 149 g/mol. The topological polar surface area (TPSA) is 26.5 Å². The third-order valence-electron chi connectivity index (χ3n) is 1.10. The Bertz CT molecular complexity index is 216. The monoisotopic (exact) mass is 149 g/mol. The third-order valence-corrected chi connectivity index (χ3v) is 1.10. The van der Waals surface area contributed by atoms with Crippen molar-refractivity contribution in [3.63, 3.8) is 0 Å². The van der Waals surface area contributed by atoms with E-state index in [1.807, 2.05) is 18.2 Å². The lowest BCUT2D eigenvalue weighted by Crippen LogP contribution is -2.18. The molecule has 0 aliphatic carbocycles. The van der Waals surface area contributed by atoms with Crippen LogP contribution < -0.4 is 5.32 Å². The van der Waals surface area contributed by atoms with Gasteiger partial charge in [-0.2, -0.15) is 0 Å². The van der Waals surface area contributed by atoms with E-state index >= 15 is 0 Å². The van der Waals surface area contributed by atoms with Gasteiger partial charge in [0.05, 0.1) is 5.54 Å². The molecule has 59 valence electrons. The minimum absolute atomic E-state index is 0.0334. The van der Waals surface area contributed by atoms with Crippen molar-refractivity contribution in [2.45, 2.75) is 26.3 Å². The Hall–Kier alpha value is -1.05. The van der Waals surface area contributed by atoms with Gasteiger partial charge in [0.1, 0.15) is 5.84 Å². The molecule has 0 amide bonds. The smallest absolute Gasteiger partial charge is 0.147 e. The number of allylic oxidation sites excluding steroid dienone is 2. The Morgan fingerprint density at radius 3 is 2.45 bits per heavy atom. The zero-order chi connectivity index (χ0) is 8.32. The third kappa shape index (κ3) is 3.03. The molecule has 0 aromatic rings. The SMILES string of the molecule is CC(C)(C)N=C1C=CC=C[N]1. The fourth-order valence-corrected chi connectivity index (χ4v) is 0.764. The van der Waals surface area contributed by atoms with E-state index < -0.39 is 0 Å². The van der Waals surface area contributed by atoms with Crippen molar-refractivity contribution in [2.75, 3.05) is 0 Å². The quantitative estimate of drug-likeness (QED) is 0.502. The fraction of sp³-hybridized carbons (Fsp3) is 0.444. The van der Waals surface area contributed by atoms with Crippen LogP contribution in [0, 0.1) is 0 Å². The van der Waals surface area contributed by atoms with Crippen molar-refractivity contribution in [2.24, 2.45) is 4.99 Å². The first kappa shape index (κ1) is 8.05. The summed E-state index contributed by atoms with van der Waals surface area (Å²) in [5.41, 5.74) is -0.0334. The van der Waals surface area contributed by atoms with Gasteiger partial charge in [-0.15, -0.1) is 0 Å². The van der Waals surface area contributed by atoms with Gasteiger partial charge in [0.2, 0.25) is 0 Å². The molecule has 2 heteroatoms. The van der Waals surface area contributed by atoms with Crippen LogP contribution in [0.5, 0.6) is 0 Å². The maximum absolute atomic E-state index is 4.38. The van der Waals surface area contributed by atoms with Gasteiger partial charge >= 0.3 is 0 Å². The van der Waals surface area contributed by atoms with E-state index in [0.717, 1.165) is 5.84 Å². The molecule has 0 aromatic heterocycles. The molecule has 0 atom stereocenters. The normalized spacial score (nSPS) is 20.5. The van der Waals surface area contributed by atoms with E-state index in [-0.39, 0.29) is 5.54 Å². The van der Waals surface area contributed by atoms with Crippen LogP contribution >= 0.6 is 0 Å². The summed E-state index contributed by atoms with van der Waals surface area (Å²) in [5.74, 6) is 0.806. The van der Waals surface area contributed by atoms with Crippen molar-refractivity contribution < 1.29 is 0 Å². The summed E-state index contributed by atoms with van der Waals surface area (Å²) in [6.45, 7) is 6.17. The Morgan fingerprint density at radius 1 is 1.27 bits per heavy atom. The molecule has 2 nitrogen and oxygen atoms in total. The zero-order valence-corrected chi connectivity index (χ0v) is 7.20. The Labute approximate surface area is 67.7 Å². The van der Waals surface area contributed by atoms with Crippen LogP contribution in [0.2, 0.25) is 0 Å². The van der Waals surface area contributed by atoms with Crippen LogP contribution in [0.4, 0.5) is 0 Å². The van der Waals surface area contributed by atoms with Crippen molar-refractivity contribution in [3.8, 4) is 0 Å². The van der Waals surface area contributed by atoms with E-state index in [1.165, 1.54) is 0 Å². The van der Waals surface area contributed by atoms with Gasteiger partial charge < -0.3 is 0 Å². The minimum atomic E-state index is -0.0334. The summed E-state index contributed by atoms with van der Waals surface area (Å²) in [6.07, 6.45) is 7.50. The Kier molecular flexibility index (Phi) is 2.13. The largest absolute Gasteiger partial charge is 0.261 e. The highest BCUT2D eigenvalue weighted by Crippen LogP contribution is 2.07. The van der Waals surface area contributed by atoms with Crippen LogP contribution in [0.1, 0.15) is 20.8 Å². The van der Waals surface area contributed by atoms with Crippen LogP contribution in [-0.2, 0) is 0 Å². The summed E-state index contributed by atoms with van der Waals surface area (Å²) in [7, 11) is 0. The van der Waals surface area contributed by atoms with Crippen LogP contribution in [0.25, 0.3) is 0 Å². The summed E-state index contributed by atoms with van der Waals surface area (Å²) in [4.78, 5) is 4.38. The molecule has 0 aromatic carbocycles. The van der Waals surface area contributed by atoms with Gasteiger partial charge in [-0.3, -0.25) is 4.99 Å². The lowest BCUT2D eigenvalue weighted by atomic mass is 10.1. The van der Waals surface area contributed by atoms with E-state index in [2.05, 4.69) is 31.1 Å². The minimum Gasteiger partial charge on any atom is -0.261 e. The second-order valence-electron chi connectivity index (χ2n) is 3.47. The van der Waals surface area contributed by atoms with Crippen LogP contribution in [0.15, 0.2) is 29.4 Å². The fourth-order valence-electron chi connectivity index (χ4n) is 0.764. The van der Waals surface area contributed by atoms with Gasteiger partial charge in [-0.25, -0.2) is 5.32 Å². The zero-order valence-electron chi connectivity index (χ0n) is 7.20. The molecule has 1 heterocycles. The number of amidine groups is 1. The maximum Gasteiger partial charge on any atom is 0.147 e. The van der Waals surface area contributed by atoms with Crippen molar-refractivity contribution in [3.05, 3.63) is 24.4 Å². The van der Waals surface area contributed by atoms with Gasteiger partial charge in [0.25, 0.3) is 0 Å². The molecule has 1 radical (unpaired) electrons. The molecule has 1 rings (SSSR count). The Morgan fingerprint density at radius 2 is 2.00 bits per heavy atom. The summed E-state index contributed by atoms with van der Waals surface area (Å²) in [6, 6.07) is 0. The van der Waals surface area contributed by atoms with Crippen LogP contribution in [-0.4, -0.2) is 11.4 Å².